The van der Waals surface area contributed by atoms with E-state index in [1.807, 2.05) is 41.0 Å². The topological polar surface area (TPSA) is 78.0 Å². The monoisotopic (exact) mass is 461 g/mol. The van der Waals surface area contributed by atoms with Crippen molar-refractivity contribution >= 4 is 21.6 Å². The molecule has 4 aromatic rings. The maximum Gasteiger partial charge on any atom is 0.341 e. The van der Waals surface area contributed by atoms with E-state index in [4.69, 9.17) is 4.42 Å². The van der Waals surface area contributed by atoms with Gasteiger partial charge in [-0.3, -0.25) is 4.57 Å². The molecular formula is C21H17F2N3O3S2. The molecule has 0 fully saturated rings. The van der Waals surface area contributed by atoms with E-state index in [2.05, 4.69) is 10.2 Å². The lowest BCUT2D eigenvalue weighted by molar-refractivity contribution is 0.234. The maximum absolute atomic E-state index is 12.7. The van der Waals surface area contributed by atoms with E-state index in [0.29, 0.717) is 29.0 Å². The van der Waals surface area contributed by atoms with Gasteiger partial charge in [-0.05, 0) is 35.4 Å². The highest BCUT2D eigenvalue weighted by Crippen LogP contribution is 2.28. The van der Waals surface area contributed by atoms with Crippen molar-refractivity contribution in [3.8, 4) is 11.6 Å². The highest BCUT2D eigenvalue weighted by Gasteiger charge is 2.26. The highest BCUT2D eigenvalue weighted by molar-refractivity contribution is 7.98. The van der Waals surface area contributed by atoms with E-state index >= 15 is 0 Å². The van der Waals surface area contributed by atoms with Crippen molar-refractivity contribution in [3.63, 3.8) is 0 Å². The fraction of sp³-hybridized carbons (Fsp3) is 0.143. The molecule has 2 aromatic carbocycles. The molecule has 0 amide bonds. The van der Waals surface area contributed by atoms with Gasteiger partial charge < -0.3 is 4.42 Å². The lowest BCUT2D eigenvalue weighted by Crippen LogP contribution is -2.11. The Bertz CT molecular complexity index is 1240. The van der Waals surface area contributed by atoms with Gasteiger partial charge in [0, 0.05) is 5.75 Å². The van der Waals surface area contributed by atoms with Gasteiger partial charge in [0.05, 0.1) is 17.7 Å². The minimum Gasteiger partial charge on any atom is -0.461 e. The molecule has 0 bridgehead atoms. The molecule has 0 N–H and O–H groups in total. The van der Waals surface area contributed by atoms with Crippen LogP contribution in [0.3, 0.4) is 0 Å². The molecule has 0 saturated heterocycles. The molecule has 2 aromatic heterocycles. The molecule has 6 nitrogen and oxygen atoms in total. The number of furan rings is 1. The smallest absolute Gasteiger partial charge is 0.341 e. The summed E-state index contributed by atoms with van der Waals surface area (Å²) in [4.78, 5) is -0.399. The normalized spacial score (nSPS) is 11.8. The maximum atomic E-state index is 12.7. The molecule has 160 valence electrons. The number of alkyl halides is 2. The lowest BCUT2D eigenvalue weighted by Gasteiger charge is -2.10. The molecule has 31 heavy (non-hydrogen) atoms. The van der Waals surface area contributed by atoms with E-state index in [9.17, 15) is 17.2 Å². The Morgan fingerprint density at radius 3 is 2.32 bits per heavy atom. The predicted octanol–water partition coefficient (Wildman–Crippen LogP) is 4.88. The Labute approximate surface area is 181 Å². The first-order valence-corrected chi connectivity index (χ1v) is 11.7. The van der Waals surface area contributed by atoms with Crippen molar-refractivity contribution in [2.75, 3.05) is 0 Å². The second-order valence-electron chi connectivity index (χ2n) is 6.59. The van der Waals surface area contributed by atoms with Crippen LogP contribution < -0.4 is 0 Å². The number of hydrogen-bond acceptors (Lipinski definition) is 6. The molecule has 4 rings (SSSR count). The average molecular weight is 462 g/mol. The molecule has 0 aliphatic rings. The number of rotatable bonds is 8. The fourth-order valence-corrected chi connectivity index (χ4v) is 4.53. The third kappa shape index (κ3) is 4.70. The van der Waals surface area contributed by atoms with Gasteiger partial charge in [0.1, 0.15) is 0 Å². The summed E-state index contributed by atoms with van der Waals surface area (Å²) in [6.45, 7) is 0.539. The van der Waals surface area contributed by atoms with Crippen LogP contribution in [0.25, 0.3) is 11.6 Å². The first-order chi connectivity index (χ1) is 14.9. The number of nitrogens with zero attached hydrogens (tertiary/aromatic N) is 3. The Balaban J connectivity index is 1.56. The van der Waals surface area contributed by atoms with Gasteiger partial charge in [0.25, 0.3) is 0 Å². The van der Waals surface area contributed by atoms with Gasteiger partial charge in [-0.15, -0.1) is 10.2 Å². The Kier molecular flexibility index (Phi) is 6.19. The standard InChI is InChI=1S/C21H17F2N3O3S2/c22-20(23)31(27,28)17-10-8-16(9-11-17)14-30-21-25-24-19(18-7-4-12-29-18)26(21)13-15-5-2-1-3-6-15/h1-12,20H,13-14H2. The largest absolute Gasteiger partial charge is 0.461 e. The molecule has 0 unspecified atom stereocenters. The van der Waals surface area contributed by atoms with Crippen molar-refractivity contribution in [2.45, 2.75) is 28.1 Å². The molecule has 10 heteroatoms. The van der Waals surface area contributed by atoms with Gasteiger partial charge in [0.15, 0.2) is 10.9 Å². The van der Waals surface area contributed by atoms with Gasteiger partial charge >= 0.3 is 5.76 Å². The van der Waals surface area contributed by atoms with Gasteiger partial charge in [0.2, 0.25) is 15.7 Å². The minimum atomic E-state index is -4.60. The number of benzene rings is 2. The van der Waals surface area contributed by atoms with Gasteiger partial charge in [-0.25, -0.2) is 8.42 Å². The first-order valence-electron chi connectivity index (χ1n) is 9.20. The summed E-state index contributed by atoms with van der Waals surface area (Å²) in [7, 11) is -4.60. The van der Waals surface area contributed by atoms with Crippen molar-refractivity contribution in [2.24, 2.45) is 0 Å². The quantitative estimate of drug-likeness (QED) is 0.348. The summed E-state index contributed by atoms with van der Waals surface area (Å²) in [5.74, 6) is -1.80. The van der Waals surface area contributed by atoms with Crippen LogP contribution in [-0.4, -0.2) is 28.9 Å². The molecule has 0 radical (unpaired) electrons. The first kappa shape index (κ1) is 21.3. The Hall–Kier alpha value is -2.98. The Morgan fingerprint density at radius 1 is 0.935 bits per heavy atom. The van der Waals surface area contributed by atoms with Crippen LogP contribution in [0.15, 0.2) is 87.5 Å². The van der Waals surface area contributed by atoms with Crippen LogP contribution in [0.4, 0.5) is 8.78 Å². The number of aromatic nitrogens is 3. The number of thioether (sulfide) groups is 1. The van der Waals surface area contributed by atoms with Crippen LogP contribution in [0.5, 0.6) is 0 Å². The zero-order valence-corrected chi connectivity index (χ0v) is 17.7. The van der Waals surface area contributed by atoms with Crippen molar-refractivity contribution in [1.82, 2.24) is 14.8 Å². The van der Waals surface area contributed by atoms with E-state index in [-0.39, 0.29) is 0 Å². The van der Waals surface area contributed by atoms with Crippen LogP contribution in [-0.2, 0) is 22.1 Å². The molecular weight excluding hydrogens is 444 g/mol. The molecule has 2 heterocycles. The third-order valence-electron chi connectivity index (χ3n) is 4.50. The van der Waals surface area contributed by atoms with E-state index < -0.39 is 20.5 Å². The summed E-state index contributed by atoms with van der Waals surface area (Å²) < 4.78 is 56.0. The van der Waals surface area contributed by atoms with Gasteiger partial charge in [-0.1, -0.05) is 54.2 Å². The molecule has 0 aliphatic carbocycles. The van der Waals surface area contributed by atoms with Crippen molar-refractivity contribution in [1.29, 1.82) is 0 Å². The van der Waals surface area contributed by atoms with E-state index in [0.717, 1.165) is 11.1 Å². The lowest BCUT2D eigenvalue weighted by atomic mass is 10.2. The predicted molar refractivity (Wildman–Crippen MR) is 112 cm³/mol. The fourth-order valence-electron chi connectivity index (χ4n) is 2.92. The second-order valence-corrected chi connectivity index (χ2v) is 9.45. The third-order valence-corrected chi connectivity index (χ3v) is 6.93. The number of hydrogen-bond donors (Lipinski definition) is 0. The van der Waals surface area contributed by atoms with Crippen molar-refractivity contribution in [3.05, 3.63) is 84.1 Å². The van der Waals surface area contributed by atoms with Crippen LogP contribution >= 0.6 is 11.8 Å². The van der Waals surface area contributed by atoms with Crippen LogP contribution in [0.1, 0.15) is 11.1 Å². The molecule has 0 spiro atoms. The highest BCUT2D eigenvalue weighted by atomic mass is 32.2. The van der Waals surface area contributed by atoms with E-state index in [1.54, 1.807) is 12.3 Å². The Morgan fingerprint density at radius 2 is 1.68 bits per heavy atom. The summed E-state index contributed by atoms with van der Waals surface area (Å²) in [6.07, 6.45) is 1.57. The molecule has 0 aliphatic heterocycles. The summed E-state index contributed by atoms with van der Waals surface area (Å²) in [5, 5.41) is 9.21. The number of halogens is 2. The SMILES string of the molecule is O=S(=O)(c1ccc(CSc2nnc(-c3ccco3)n2Cc2ccccc2)cc1)C(F)F. The molecule has 0 atom stereocenters. The summed E-state index contributed by atoms with van der Waals surface area (Å²) >= 11 is 1.41. The van der Waals surface area contributed by atoms with Crippen LogP contribution in [0, 0.1) is 0 Å². The summed E-state index contributed by atoms with van der Waals surface area (Å²) in [6, 6.07) is 18.9. The van der Waals surface area contributed by atoms with Crippen LogP contribution in [0.2, 0.25) is 0 Å². The number of sulfone groups is 1. The van der Waals surface area contributed by atoms with E-state index in [1.165, 1.54) is 36.0 Å². The second kappa shape index (κ2) is 9.03. The molecule has 0 saturated carbocycles. The van der Waals surface area contributed by atoms with Gasteiger partial charge in [-0.2, -0.15) is 8.78 Å². The average Bonchev–Trinajstić information content (AvgIpc) is 3.43. The minimum absolute atomic E-state index is 0.399. The zero-order valence-electron chi connectivity index (χ0n) is 16.1. The zero-order chi connectivity index (χ0) is 21.8. The van der Waals surface area contributed by atoms with Crippen molar-refractivity contribution < 1.29 is 21.6 Å². The summed E-state index contributed by atoms with van der Waals surface area (Å²) in [5.41, 5.74) is 1.84.